The van der Waals surface area contributed by atoms with Gasteiger partial charge in [0, 0.05) is 32.3 Å². The van der Waals surface area contributed by atoms with E-state index < -0.39 is 0 Å². The third kappa shape index (κ3) is 4.87. The summed E-state index contributed by atoms with van der Waals surface area (Å²) < 4.78 is 5.55. The van der Waals surface area contributed by atoms with Crippen molar-refractivity contribution in [2.24, 2.45) is 5.41 Å². The molecule has 0 amide bonds. The van der Waals surface area contributed by atoms with Gasteiger partial charge < -0.3 is 15.0 Å². The van der Waals surface area contributed by atoms with Crippen LogP contribution < -0.4 is 5.32 Å². The molecule has 3 nitrogen and oxygen atoms in total. The van der Waals surface area contributed by atoms with E-state index in [4.69, 9.17) is 4.74 Å². The average Bonchev–Trinajstić information content (AvgIpc) is 2.39. The van der Waals surface area contributed by atoms with Gasteiger partial charge in [-0.1, -0.05) is 13.8 Å². The first-order chi connectivity index (χ1) is 8.63. The number of ether oxygens (including phenoxy) is 1. The summed E-state index contributed by atoms with van der Waals surface area (Å²) >= 11 is 0. The second-order valence-corrected chi connectivity index (χ2v) is 5.96. The zero-order valence-corrected chi connectivity index (χ0v) is 12.8. The van der Waals surface area contributed by atoms with Crippen molar-refractivity contribution < 1.29 is 4.74 Å². The van der Waals surface area contributed by atoms with Crippen molar-refractivity contribution in [2.75, 3.05) is 39.9 Å². The second-order valence-electron chi connectivity index (χ2n) is 5.96. The minimum atomic E-state index is 0.422. The molecule has 1 rings (SSSR count). The Morgan fingerprint density at radius 1 is 1.28 bits per heavy atom. The van der Waals surface area contributed by atoms with E-state index >= 15 is 0 Å². The largest absolute Gasteiger partial charge is 0.381 e. The smallest absolute Gasteiger partial charge is 0.0472 e. The van der Waals surface area contributed by atoms with Crippen LogP contribution in [-0.2, 0) is 4.74 Å². The van der Waals surface area contributed by atoms with Crippen LogP contribution in [0.4, 0.5) is 0 Å². The van der Waals surface area contributed by atoms with Crippen LogP contribution in [0.1, 0.15) is 46.5 Å². The molecule has 1 saturated heterocycles. The summed E-state index contributed by atoms with van der Waals surface area (Å²) in [6, 6.07) is 0.677. The first-order valence-electron chi connectivity index (χ1n) is 7.62. The number of rotatable bonds is 8. The minimum Gasteiger partial charge on any atom is -0.381 e. The maximum absolute atomic E-state index is 5.55. The minimum absolute atomic E-state index is 0.422. The molecule has 0 saturated carbocycles. The molecule has 0 aromatic carbocycles. The molecule has 1 aliphatic heterocycles. The molecule has 1 atom stereocenters. The van der Waals surface area contributed by atoms with Gasteiger partial charge in [0.25, 0.3) is 0 Å². The van der Waals surface area contributed by atoms with Gasteiger partial charge in [-0.25, -0.2) is 0 Å². The molecule has 0 bridgehead atoms. The summed E-state index contributed by atoms with van der Waals surface area (Å²) in [6.45, 7) is 12.2. The lowest BCUT2D eigenvalue weighted by Crippen LogP contribution is -2.48. The average molecular weight is 256 g/mol. The highest BCUT2D eigenvalue weighted by atomic mass is 16.5. The molecular formula is C15H32N2O. The van der Waals surface area contributed by atoms with Gasteiger partial charge in [0.2, 0.25) is 0 Å². The number of hydrogen-bond donors (Lipinski definition) is 1. The zero-order valence-electron chi connectivity index (χ0n) is 12.8. The van der Waals surface area contributed by atoms with Crippen molar-refractivity contribution in [3.8, 4) is 0 Å². The Morgan fingerprint density at radius 3 is 2.50 bits per heavy atom. The summed E-state index contributed by atoms with van der Waals surface area (Å²) in [5, 5.41) is 3.63. The first kappa shape index (κ1) is 15.9. The molecule has 1 unspecified atom stereocenters. The fourth-order valence-electron chi connectivity index (χ4n) is 2.72. The Labute approximate surface area is 113 Å². The molecule has 1 heterocycles. The normalized spacial score (nSPS) is 21.2. The van der Waals surface area contributed by atoms with Crippen molar-refractivity contribution in [1.29, 1.82) is 0 Å². The van der Waals surface area contributed by atoms with E-state index in [1.165, 1.54) is 32.2 Å². The zero-order chi connectivity index (χ0) is 13.4. The summed E-state index contributed by atoms with van der Waals surface area (Å²) in [6.07, 6.45) is 4.84. The number of nitrogens with zero attached hydrogens (tertiary/aromatic N) is 1. The molecule has 0 aromatic rings. The Morgan fingerprint density at radius 2 is 1.94 bits per heavy atom. The third-order valence-corrected chi connectivity index (χ3v) is 4.41. The first-order valence-corrected chi connectivity index (χ1v) is 7.62. The quantitative estimate of drug-likeness (QED) is 0.675. The third-order valence-electron chi connectivity index (χ3n) is 4.41. The Bertz CT molecular complexity index is 215. The Hall–Kier alpha value is -0.120. The monoisotopic (exact) mass is 256 g/mol. The maximum atomic E-state index is 5.55. The summed E-state index contributed by atoms with van der Waals surface area (Å²) in [5.41, 5.74) is 0.422. The molecule has 3 heteroatoms. The molecule has 0 aromatic heterocycles. The lowest BCUT2D eigenvalue weighted by Gasteiger charge is -2.41. The van der Waals surface area contributed by atoms with Gasteiger partial charge in [-0.3, -0.25) is 0 Å². The van der Waals surface area contributed by atoms with E-state index in [2.05, 4.69) is 38.0 Å². The standard InChI is InChI=1S/C15H32N2O/c1-5-9-16-12-15(7-10-18-11-8-15)13-17(4)14(3)6-2/h14,16H,5-13H2,1-4H3. The molecule has 0 radical (unpaired) electrons. The maximum Gasteiger partial charge on any atom is 0.0472 e. The van der Waals surface area contributed by atoms with E-state index in [1.54, 1.807) is 0 Å². The van der Waals surface area contributed by atoms with Gasteiger partial charge in [-0.05, 0) is 51.6 Å². The van der Waals surface area contributed by atoms with Gasteiger partial charge in [0.05, 0.1) is 0 Å². The fraction of sp³-hybridized carbons (Fsp3) is 1.00. The molecule has 0 aliphatic carbocycles. The Balaban J connectivity index is 2.53. The SMILES string of the molecule is CCCNCC1(CN(C)C(C)CC)CCOCC1. The van der Waals surface area contributed by atoms with Gasteiger partial charge in [-0.15, -0.1) is 0 Å². The van der Waals surface area contributed by atoms with E-state index in [-0.39, 0.29) is 0 Å². The van der Waals surface area contributed by atoms with Gasteiger partial charge in [-0.2, -0.15) is 0 Å². The number of hydrogen-bond acceptors (Lipinski definition) is 3. The lowest BCUT2D eigenvalue weighted by atomic mass is 9.79. The highest BCUT2D eigenvalue weighted by molar-refractivity contribution is 4.87. The van der Waals surface area contributed by atoms with Crippen molar-refractivity contribution in [2.45, 2.75) is 52.5 Å². The van der Waals surface area contributed by atoms with E-state index in [0.29, 0.717) is 11.5 Å². The van der Waals surface area contributed by atoms with Crippen LogP contribution >= 0.6 is 0 Å². The van der Waals surface area contributed by atoms with Crippen LogP contribution in [0.15, 0.2) is 0 Å². The van der Waals surface area contributed by atoms with Crippen molar-refractivity contribution >= 4 is 0 Å². The van der Waals surface area contributed by atoms with Gasteiger partial charge in [0.15, 0.2) is 0 Å². The summed E-state index contributed by atoms with van der Waals surface area (Å²) in [7, 11) is 2.27. The fourth-order valence-corrected chi connectivity index (χ4v) is 2.72. The topological polar surface area (TPSA) is 24.5 Å². The molecule has 1 N–H and O–H groups in total. The van der Waals surface area contributed by atoms with Crippen LogP contribution in [0.3, 0.4) is 0 Å². The van der Waals surface area contributed by atoms with Crippen LogP contribution in [0.5, 0.6) is 0 Å². The second kappa shape index (κ2) is 8.13. The van der Waals surface area contributed by atoms with E-state index in [1.807, 2.05) is 0 Å². The Kier molecular flexibility index (Phi) is 7.20. The molecule has 1 aliphatic rings. The van der Waals surface area contributed by atoms with Crippen LogP contribution in [0, 0.1) is 5.41 Å². The lowest BCUT2D eigenvalue weighted by molar-refractivity contribution is -0.00573. The highest BCUT2D eigenvalue weighted by Gasteiger charge is 2.33. The molecule has 18 heavy (non-hydrogen) atoms. The van der Waals surface area contributed by atoms with Crippen LogP contribution in [-0.4, -0.2) is 50.8 Å². The van der Waals surface area contributed by atoms with Crippen LogP contribution in [0.25, 0.3) is 0 Å². The van der Waals surface area contributed by atoms with Gasteiger partial charge in [0.1, 0.15) is 0 Å². The summed E-state index contributed by atoms with van der Waals surface area (Å²) in [4.78, 5) is 2.53. The van der Waals surface area contributed by atoms with E-state index in [9.17, 15) is 0 Å². The van der Waals surface area contributed by atoms with Crippen molar-refractivity contribution in [1.82, 2.24) is 10.2 Å². The number of nitrogens with one attached hydrogen (secondary N) is 1. The molecule has 1 fully saturated rings. The van der Waals surface area contributed by atoms with E-state index in [0.717, 1.165) is 26.3 Å². The van der Waals surface area contributed by atoms with Gasteiger partial charge >= 0.3 is 0 Å². The predicted molar refractivity (Wildman–Crippen MR) is 78.0 cm³/mol. The molecule has 0 spiro atoms. The van der Waals surface area contributed by atoms with Crippen molar-refractivity contribution in [3.05, 3.63) is 0 Å². The highest BCUT2D eigenvalue weighted by Crippen LogP contribution is 2.31. The molecular weight excluding hydrogens is 224 g/mol. The molecule has 108 valence electrons. The predicted octanol–water partition coefficient (Wildman–Crippen LogP) is 2.51. The summed E-state index contributed by atoms with van der Waals surface area (Å²) in [5.74, 6) is 0. The van der Waals surface area contributed by atoms with Crippen LogP contribution in [0.2, 0.25) is 0 Å². The van der Waals surface area contributed by atoms with Crippen molar-refractivity contribution in [3.63, 3.8) is 0 Å².